The van der Waals surface area contributed by atoms with Gasteiger partial charge in [0.25, 0.3) is 0 Å². The lowest BCUT2D eigenvalue weighted by Gasteiger charge is -2.24. The summed E-state index contributed by atoms with van der Waals surface area (Å²) in [6.07, 6.45) is 2.99. The molecular formula is C16H21ClN4O2. The quantitative estimate of drug-likeness (QED) is 0.800. The average molecular weight is 337 g/mol. The van der Waals surface area contributed by atoms with Crippen LogP contribution in [0, 0.1) is 0 Å². The van der Waals surface area contributed by atoms with E-state index in [2.05, 4.69) is 15.4 Å². The van der Waals surface area contributed by atoms with Crippen LogP contribution in [-0.2, 0) is 24.3 Å². The van der Waals surface area contributed by atoms with Crippen molar-refractivity contribution in [1.29, 1.82) is 0 Å². The SMILES string of the molecule is OC(CNC1CCc2ncnn2C1)COCc1ccc(Cl)cc1. The number of aryl methyl sites for hydroxylation is 1. The van der Waals surface area contributed by atoms with Gasteiger partial charge in [0.05, 0.1) is 25.9 Å². The van der Waals surface area contributed by atoms with Gasteiger partial charge in [-0.1, -0.05) is 23.7 Å². The molecule has 2 N–H and O–H groups in total. The molecule has 2 atom stereocenters. The molecule has 0 radical (unpaired) electrons. The first-order valence-corrected chi connectivity index (χ1v) is 8.19. The molecule has 6 nitrogen and oxygen atoms in total. The van der Waals surface area contributed by atoms with Crippen molar-refractivity contribution in [2.45, 2.75) is 38.1 Å². The molecule has 0 amide bonds. The highest BCUT2D eigenvalue weighted by molar-refractivity contribution is 6.30. The fourth-order valence-corrected chi connectivity index (χ4v) is 2.79. The molecule has 0 aliphatic carbocycles. The lowest BCUT2D eigenvalue weighted by molar-refractivity contribution is 0.0269. The number of halogens is 1. The molecule has 1 aromatic carbocycles. The van der Waals surface area contributed by atoms with E-state index in [1.165, 1.54) is 0 Å². The van der Waals surface area contributed by atoms with E-state index >= 15 is 0 Å². The lowest BCUT2D eigenvalue weighted by atomic mass is 10.1. The topological polar surface area (TPSA) is 72.2 Å². The zero-order valence-electron chi connectivity index (χ0n) is 12.9. The second-order valence-electron chi connectivity index (χ2n) is 5.80. The molecule has 0 saturated carbocycles. The van der Waals surface area contributed by atoms with Gasteiger partial charge in [0.15, 0.2) is 0 Å². The summed E-state index contributed by atoms with van der Waals surface area (Å²) in [6, 6.07) is 7.82. The van der Waals surface area contributed by atoms with Crippen LogP contribution in [0.2, 0.25) is 5.02 Å². The second kappa shape index (κ2) is 7.88. The zero-order valence-corrected chi connectivity index (χ0v) is 13.6. The van der Waals surface area contributed by atoms with Crippen LogP contribution in [0.5, 0.6) is 0 Å². The number of aliphatic hydroxyl groups excluding tert-OH is 1. The van der Waals surface area contributed by atoms with Gasteiger partial charge in [-0.15, -0.1) is 0 Å². The Morgan fingerprint density at radius 2 is 2.22 bits per heavy atom. The summed E-state index contributed by atoms with van der Waals surface area (Å²) in [5.74, 6) is 1.04. The van der Waals surface area contributed by atoms with Crippen LogP contribution >= 0.6 is 11.6 Å². The molecule has 7 heteroatoms. The minimum absolute atomic E-state index is 0.303. The number of benzene rings is 1. The van der Waals surface area contributed by atoms with E-state index < -0.39 is 6.10 Å². The third-order valence-electron chi connectivity index (χ3n) is 3.94. The van der Waals surface area contributed by atoms with Gasteiger partial charge >= 0.3 is 0 Å². The summed E-state index contributed by atoms with van der Waals surface area (Å²) < 4.78 is 7.47. The van der Waals surface area contributed by atoms with E-state index in [4.69, 9.17) is 16.3 Å². The molecule has 1 aliphatic rings. The second-order valence-corrected chi connectivity index (χ2v) is 6.23. The van der Waals surface area contributed by atoms with E-state index in [0.29, 0.717) is 30.8 Å². The average Bonchev–Trinajstić information content (AvgIpc) is 3.02. The first kappa shape index (κ1) is 16.4. The van der Waals surface area contributed by atoms with Crippen LogP contribution in [0.1, 0.15) is 17.8 Å². The van der Waals surface area contributed by atoms with Crippen LogP contribution in [0.25, 0.3) is 0 Å². The number of hydrogen-bond acceptors (Lipinski definition) is 5. The van der Waals surface area contributed by atoms with Crippen molar-refractivity contribution in [3.8, 4) is 0 Å². The van der Waals surface area contributed by atoms with E-state index in [1.807, 2.05) is 28.9 Å². The molecular weight excluding hydrogens is 316 g/mol. The van der Waals surface area contributed by atoms with Crippen molar-refractivity contribution in [3.63, 3.8) is 0 Å². The van der Waals surface area contributed by atoms with Gasteiger partial charge in [-0.3, -0.25) is 0 Å². The first-order valence-electron chi connectivity index (χ1n) is 7.81. The Labute approximate surface area is 140 Å². The number of aromatic nitrogens is 3. The number of fused-ring (bicyclic) bond motifs is 1. The summed E-state index contributed by atoms with van der Waals surface area (Å²) in [5.41, 5.74) is 1.04. The normalized spacial score (nSPS) is 18.6. The largest absolute Gasteiger partial charge is 0.389 e. The summed E-state index contributed by atoms with van der Waals surface area (Å²) in [4.78, 5) is 4.21. The van der Waals surface area contributed by atoms with Crippen LogP contribution in [-0.4, -0.2) is 45.2 Å². The monoisotopic (exact) mass is 336 g/mol. The minimum atomic E-state index is -0.528. The van der Waals surface area contributed by atoms with Crippen molar-refractivity contribution in [1.82, 2.24) is 20.1 Å². The maximum atomic E-state index is 10.0. The predicted molar refractivity (Wildman–Crippen MR) is 87.2 cm³/mol. The molecule has 2 unspecified atom stereocenters. The molecule has 1 aliphatic heterocycles. The Kier molecular flexibility index (Phi) is 5.61. The Hall–Kier alpha value is -1.47. The summed E-state index contributed by atoms with van der Waals surface area (Å²) in [5, 5.41) is 18.3. The fraction of sp³-hybridized carbons (Fsp3) is 0.500. The van der Waals surface area contributed by atoms with Crippen molar-refractivity contribution in [2.75, 3.05) is 13.2 Å². The van der Waals surface area contributed by atoms with Gasteiger partial charge in [0, 0.05) is 24.0 Å². The van der Waals surface area contributed by atoms with Gasteiger partial charge in [-0.25, -0.2) is 9.67 Å². The van der Waals surface area contributed by atoms with Gasteiger partial charge in [0.2, 0.25) is 0 Å². The van der Waals surface area contributed by atoms with E-state index in [1.54, 1.807) is 6.33 Å². The van der Waals surface area contributed by atoms with Gasteiger partial charge in [-0.2, -0.15) is 5.10 Å². The van der Waals surface area contributed by atoms with Gasteiger partial charge < -0.3 is 15.2 Å². The summed E-state index contributed by atoms with van der Waals surface area (Å²) in [6.45, 7) is 2.08. The third-order valence-corrected chi connectivity index (χ3v) is 4.19. The standard InChI is InChI=1S/C16H21ClN4O2/c17-13-3-1-12(2-4-13)9-23-10-15(22)7-18-14-5-6-16-19-11-20-21(16)8-14/h1-4,11,14-15,18,22H,5-10H2. The Bertz CT molecular complexity index is 617. The highest BCUT2D eigenvalue weighted by atomic mass is 35.5. The fourth-order valence-electron chi connectivity index (χ4n) is 2.66. The maximum Gasteiger partial charge on any atom is 0.138 e. The molecule has 0 spiro atoms. The smallest absolute Gasteiger partial charge is 0.138 e. The number of nitrogens with zero attached hydrogens (tertiary/aromatic N) is 3. The van der Waals surface area contributed by atoms with Gasteiger partial charge in [0.1, 0.15) is 12.2 Å². The third kappa shape index (κ3) is 4.75. The molecule has 3 rings (SSSR count). The lowest BCUT2D eigenvalue weighted by Crippen LogP contribution is -2.42. The van der Waals surface area contributed by atoms with E-state index in [9.17, 15) is 5.11 Å². The molecule has 0 saturated heterocycles. The molecule has 1 aromatic heterocycles. The Morgan fingerprint density at radius 3 is 3.04 bits per heavy atom. The molecule has 0 bridgehead atoms. The molecule has 23 heavy (non-hydrogen) atoms. The van der Waals surface area contributed by atoms with Crippen LogP contribution in [0.15, 0.2) is 30.6 Å². The van der Waals surface area contributed by atoms with Crippen molar-refractivity contribution in [3.05, 3.63) is 47.0 Å². The van der Waals surface area contributed by atoms with Crippen molar-refractivity contribution < 1.29 is 9.84 Å². The minimum Gasteiger partial charge on any atom is -0.389 e. The first-order chi connectivity index (χ1) is 11.2. The van der Waals surface area contributed by atoms with Crippen molar-refractivity contribution in [2.24, 2.45) is 0 Å². The highest BCUT2D eigenvalue weighted by Gasteiger charge is 2.20. The molecule has 124 valence electrons. The van der Waals surface area contributed by atoms with E-state index in [0.717, 1.165) is 30.8 Å². The van der Waals surface area contributed by atoms with Crippen LogP contribution in [0.3, 0.4) is 0 Å². The van der Waals surface area contributed by atoms with Crippen LogP contribution < -0.4 is 5.32 Å². The maximum absolute atomic E-state index is 10.0. The van der Waals surface area contributed by atoms with Crippen molar-refractivity contribution >= 4 is 11.6 Å². The molecule has 2 aromatic rings. The van der Waals surface area contributed by atoms with Crippen LogP contribution in [0.4, 0.5) is 0 Å². The highest BCUT2D eigenvalue weighted by Crippen LogP contribution is 2.12. The number of aliphatic hydroxyl groups is 1. The molecule has 2 heterocycles. The predicted octanol–water partition coefficient (Wildman–Crippen LogP) is 1.41. The number of hydrogen-bond donors (Lipinski definition) is 2. The Balaban J connectivity index is 1.34. The molecule has 0 fully saturated rings. The zero-order chi connectivity index (χ0) is 16.1. The van der Waals surface area contributed by atoms with Gasteiger partial charge in [-0.05, 0) is 24.1 Å². The number of ether oxygens (including phenoxy) is 1. The van der Waals surface area contributed by atoms with E-state index in [-0.39, 0.29) is 0 Å². The number of nitrogens with one attached hydrogen (secondary N) is 1. The Morgan fingerprint density at radius 1 is 1.39 bits per heavy atom. The summed E-state index contributed by atoms with van der Waals surface area (Å²) >= 11 is 5.84. The summed E-state index contributed by atoms with van der Waals surface area (Å²) in [7, 11) is 0. The number of rotatable bonds is 7.